The molecular formula is C16H16N4O3. The van der Waals surface area contributed by atoms with Crippen molar-refractivity contribution in [3.8, 4) is 0 Å². The molecule has 7 heteroatoms. The SMILES string of the molecule is CN1C[C@@H](c2ccco2)[C@]2(C1)NC(=O)N(c1cccnc1)C2=O. The highest BCUT2D eigenvalue weighted by molar-refractivity contribution is 6.24. The number of carbonyl (C=O) groups is 2. The molecule has 2 aromatic rings. The lowest BCUT2D eigenvalue weighted by atomic mass is 9.85. The molecule has 23 heavy (non-hydrogen) atoms. The molecule has 0 unspecified atom stereocenters. The third-order valence-electron chi connectivity index (χ3n) is 4.52. The average molecular weight is 312 g/mol. The third kappa shape index (κ3) is 1.97. The first-order valence-corrected chi connectivity index (χ1v) is 7.40. The van der Waals surface area contributed by atoms with Crippen molar-refractivity contribution in [3.63, 3.8) is 0 Å². The Morgan fingerprint density at radius 1 is 1.35 bits per heavy atom. The van der Waals surface area contributed by atoms with Crippen LogP contribution in [0.1, 0.15) is 11.7 Å². The standard InChI is InChI=1S/C16H16N4O3/c1-19-9-12(13-5-3-7-23-13)16(10-19)14(21)20(15(22)18-16)11-4-2-6-17-8-11/h2-8,12H,9-10H2,1H3,(H,18,22)/t12-,16-/m0/s1. The number of rotatable bonds is 2. The lowest BCUT2D eigenvalue weighted by Gasteiger charge is -2.26. The van der Waals surface area contributed by atoms with Gasteiger partial charge in [0.2, 0.25) is 0 Å². The van der Waals surface area contributed by atoms with E-state index in [1.54, 1.807) is 30.7 Å². The molecule has 2 fully saturated rings. The van der Waals surface area contributed by atoms with Gasteiger partial charge < -0.3 is 14.6 Å². The van der Waals surface area contributed by atoms with Crippen molar-refractivity contribution in [2.75, 3.05) is 25.0 Å². The van der Waals surface area contributed by atoms with Crippen LogP contribution in [-0.4, -0.2) is 47.5 Å². The normalized spacial score (nSPS) is 27.9. The fraction of sp³-hybridized carbons (Fsp3) is 0.312. The molecule has 1 N–H and O–H groups in total. The van der Waals surface area contributed by atoms with E-state index in [0.717, 1.165) is 0 Å². The summed E-state index contributed by atoms with van der Waals surface area (Å²) in [6.45, 7) is 1.08. The second-order valence-corrected chi connectivity index (χ2v) is 6.02. The summed E-state index contributed by atoms with van der Waals surface area (Å²) in [6.07, 6.45) is 4.70. The minimum atomic E-state index is -1.00. The first-order chi connectivity index (χ1) is 11.1. The van der Waals surface area contributed by atoms with E-state index in [1.807, 2.05) is 18.0 Å². The summed E-state index contributed by atoms with van der Waals surface area (Å²) in [4.78, 5) is 32.8. The van der Waals surface area contributed by atoms with Gasteiger partial charge in [-0.15, -0.1) is 0 Å². The zero-order valence-electron chi connectivity index (χ0n) is 12.6. The Bertz CT molecular complexity index is 746. The lowest BCUT2D eigenvalue weighted by Crippen LogP contribution is -2.52. The monoisotopic (exact) mass is 312 g/mol. The number of anilines is 1. The van der Waals surface area contributed by atoms with Gasteiger partial charge in [-0.3, -0.25) is 9.78 Å². The molecule has 0 aliphatic carbocycles. The highest BCUT2D eigenvalue weighted by Crippen LogP contribution is 2.40. The van der Waals surface area contributed by atoms with Gasteiger partial charge in [-0.2, -0.15) is 0 Å². The summed E-state index contributed by atoms with van der Waals surface area (Å²) >= 11 is 0. The number of furan rings is 1. The van der Waals surface area contributed by atoms with Gasteiger partial charge in [0.05, 0.1) is 24.1 Å². The van der Waals surface area contributed by atoms with E-state index in [9.17, 15) is 9.59 Å². The van der Waals surface area contributed by atoms with E-state index in [4.69, 9.17) is 4.42 Å². The Labute approximate surface area is 132 Å². The Kier molecular flexibility index (Phi) is 2.99. The van der Waals surface area contributed by atoms with E-state index in [0.29, 0.717) is 24.5 Å². The van der Waals surface area contributed by atoms with Crippen LogP contribution in [-0.2, 0) is 4.79 Å². The summed E-state index contributed by atoms with van der Waals surface area (Å²) in [5.74, 6) is 0.220. The zero-order valence-corrected chi connectivity index (χ0v) is 12.6. The lowest BCUT2D eigenvalue weighted by molar-refractivity contribution is -0.122. The molecule has 3 amide bonds. The minimum Gasteiger partial charge on any atom is -0.469 e. The maximum Gasteiger partial charge on any atom is 0.329 e. The largest absolute Gasteiger partial charge is 0.469 e. The molecule has 2 aliphatic rings. The molecule has 0 aromatic carbocycles. The Morgan fingerprint density at radius 3 is 2.91 bits per heavy atom. The highest BCUT2D eigenvalue weighted by atomic mass is 16.3. The Morgan fingerprint density at radius 2 is 2.22 bits per heavy atom. The number of imide groups is 1. The second-order valence-electron chi connectivity index (χ2n) is 6.02. The second kappa shape index (κ2) is 4.92. The number of hydrogen-bond donors (Lipinski definition) is 1. The van der Waals surface area contributed by atoms with Crippen molar-refractivity contribution in [1.82, 2.24) is 15.2 Å². The number of likely N-dealkylation sites (tertiary alicyclic amines) is 1. The maximum atomic E-state index is 13.1. The van der Waals surface area contributed by atoms with Crippen molar-refractivity contribution in [2.45, 2.75) is 11.5 Å². The highest BCUT2D eigenvalue weighted by Gasteiger charge is 2.61. The summed E-state index contributed by atoms with van der Waals surface area (Å²) in [5, 5.41) is 2.90. The predicted octanol–water partition coefficient (Wildman–Crippen LogP) is 1.20. The third-order valence-corrected chi connectivity index (χ3v) is 4.52. The topological polar surface area (TPSA) is 78.7 Å². The van der Waals surface area contributed by atoms with Crippen molar-refractivity contribution in [3.05, 3.63) is 48.7 Å². The van der Waals surface area contributed by atoms with Crippen molar-refractivity contribution >= 4 is 17.6 Å². The Hall–Kier alpha value is -2.67. The van der Waals surface area contributed by atoms with Crippen molar-refractivity contribution < 1.29 is 14.0 Å². The number of aromatic nitrogens is 1. The van der Waals surface area contributed by atoms with E-state index in [2.05, 4.69) is 10.3 Å². The van der Waals surface area contributed by atoms with Crippen LogP contribution in [0.3, 0.4) is 0 Å². The molecular weight excluding hydrogens is 296 g/mol. The summed E-state index contributed by atoms with van der Waals surface area (Å²) in [5.41, 5.74) is -0.529. The van der Waals surface area contributed by atoms with Crippen LogP contribution in [0.2, 0.25) is 0 Å². The molecule has 7 nitrogen and oxygen atoms in total. The van der Waals surface area contributed by atoms with Gasteiger partial charge >= 0.3 is 6.03 Å². The van der Waals surface area contributed by atoms with Crippen molar-refractivity contribution in [2.24, 2.45) is 0 Å². The van der Waals surface area contributed by atoms with Gasteiger partial charge in [0.15, 0.2) is 0 Å². The van der Waals surface area contributed by atoms with E-state index >= 15 is 0 Å². The number of likely N-dealkylation sites (N-methyl/N-ethyl adjacent to an activating group) is 1. The predicted molar refractivity (Wildman–Crippen MR) is 81.9 cm³/mol. The number of carbonyl (C=O) groups excluding carboxylic acids is 2. The quantitative estimate of drug-likeness (QED) is 0.843. The van der Waals surface area contributed by atoms with Crippen molar-refractivity contribution in [1.29, 1.82) is 0 Å². The molecule has 2 aliphatic heterocycles. The van der Waals surface area contributed by atoms with Gasteiger partial charge in [0.25, 0.3) is 5.91 Å². The molecule has 0 radical (unpaired) electrons. The first-order valence-electron chi connectivity index (χ1n) is 7.40. The molecule has 2 saturated heterocycles. The number of hydrogen-bond acceptors (Lipinski definition) is 5. The molecule has 4 rings (SSSR count). The van der Waals surface area contributed by atoms with Gasteiger partial charge in [0.1, 0.15) is 11.3 Å². The summed E-state index contributed by atoms with van der Waals surface area (Å²) in [6, 6.07) is 6.62. The average Bonchev–Trinajstić information content (AvgIpc) is 3.21. The first kappa shape index (κ1) is 14.0. The number of pyridine rings is 1. The van der Waals surface area contributed by atoms with Crippen LogP contribution in [0.5, 0.6) is 0 Å². The van der Waals surface area contributed by atoms with Gasteiger partial charge in [-0.25, -0.2) is 9.69 Å². The molecule has 2 atom stereocenters. The maximum absolute atomic E-state index is 13.1. The number of amides is 3. The molecule has 0 saturated carbocycles. The van der Waals surface area contributed by atoms with E-state index in [1.165, 1.54) is 11.1 Å². The van der Waals surface area contributed by atoms with Crippen LogP contribution in [0.15, 0.2) is 47.3 Å². The van der Waals surface area contributed by atoms with Crippen LogP contribution in [0.4, 0.5) is 10.5 Å². The molecule has 2 aromatic heterocycles. The van der Waals surface area contributed by atoms with E-state index < -0.39 is 11.6 Å². The fourth-order valence-corrected chi connectivity index (χ4v) is 3.55. The van der Waals surface area contributed by atoms with Crippen LogP contribution >= 0.6 is 0 Å². The number of nitrogens with one attached hydrogen (secondary N) is 1. The minimum absolute atomic E-state index is 0.222. The van der Waals surface area contributed by atoms with Gasteiger partial charge in [0, 0.05) is 19.3 Å². The van der Waals surface area contributed by atoms with Gasteiger partial charge in [-0.1, -0.05) is 0 Å². The fourth-order valence-electron chi connectivity index (χ4n) is 3.55. The zero-order chi connectivity index (χ0) is 16.0. The molecule has 0 bridgehead atoms. The molecule has 118 valence electrons. The molecule has 1 spiro atoms. The Balaban J connectivity index is 1.76. The van der Waals surface area contributed by atoms with Crippen LogP contribution < -0.4 is 10.2 Å². The van der Waals surface area contributed by atoms with E-state index in [-0.39, 0.29) is 11.8 Å². The molecule has 4 heterocycles. The number of urea groups is 1. The number of nitrogens with zero attached hydrogens (tertiary/aromatic N) is 3. The van der Waals surface area contributed by atoms with Gasteiger partial charge in [-0.05, 0) is 31.3 Å². The van der Waals surface area contributed by atoms with Crippen LogP contribution in [0, 0.1) is 0 Å². The van der Waals surface area contributed by atoms with Crippen LogP contribution in [0.25, 0.3) is 0 Å². The summed E-state index contributed by atoms with van der Waals surface area (Å²) in [7, 11) is 1.93. The summed E-state index contributed by atoms with van der Waals surface area (Å²) < 4.78 is 5.52. The smallest absolute Gasteiger partial charge is 0.329 e.